The fraction of sp³-hybridized carbons (Fsp3) is 0.667. The number of hydrogen-bond donors (Lipinski definition) is 0. The number of pyridine rings is 1. The molecule has 0 aliphatic heterocycles. The first-order valence-electron chi connectivity index (χ1n) is 30.7. The van der Waals surface area contributed by atoms with E-state index in [1.165, 1.54) is 99.4 Å². The van der Waals surface area contributed by atoms with E-state index in [0.29, 0.717) is 58.3 Å². The molecule has 0 saturated heterocycles. The molecule has 0 spiro atoms. The molecule has 0 N–H and O–H groups in total. The van der Waals surface area contributed by atoms with Crippen LogP contribution in [0.15, 0.2) is 79.0 Å². The Kier molecular flexibility index (Phi) is 37.4. The van der Waals surface area contributed by atoms with Crippen LogP contribution in [0.3, 0.4) is 0 Å². The lowest BCUT2D eigenvalue weighted by molar-refractivity contribution is 0.00297. The van der Waals surface area contributed by atoms with E-state index in [1.807, 2.05) is 86.2 Å². The highest BCUT2D eigenvalue weighted by Gasteiger charge is 2.40. The van der Waals surface area contributed by atoms with E-state index in [2.05, 4.69) is 157 Å². The van der Waals surface area contributed by atoms with Crippen LogP contribution in [-0.4, -0.2) is 35.6 Å². The van der Waals surface area contributed by atoms with E-state index in [0.717, 1.165) is 23.4 Å². The largest absolute Gasteiger partial charge is 0.276 e. The smallest absolute Gasteiger partial charge is 0.248 e. The number of benzene rings is 1. The summed E-state index contributed by atoms with van der Waals surface area (Å²) in [7, 11) is 1.94. The van der Waals surface area contributed by atoms with Gasteiger partial charge in [-0.25, -0.2) is 28.1 Å². The lowest BCUT2D eigenvalue weighted by atomic mass is 9.78. The van der Waals surface area contributed by atoms with Crippen molar-refractivity contribution < 1.29 is 13.2 Å². The third-order valence-corrected chi connectivity index (χ3v) is 19.0. The highest BCUT2D eigenvalue weighted by Crippen LogP contribution is 2.44. The van der Waals surface area contributed by atoms with E-state index in [1.54, 1.807) is 40.2 Å². The Bertz CT molecular complexity index is 2390. The molecule has 3 fully saturated rings. The maximum absolute atomic E-state index is 12.6. The summed E-state index contributed by atoms with van der Waals surface area (Å²) in [4.78, 5) is 19.2. The van der Waals surface area contributed by atoms with Gasteiger partial charge in [0.25, 0.3) is 0 Å². The summed E-state index contributed by atoms with van der Waals surface area (Å²) in [6.07, 6.45) is 23.9. The van der Waals surface area contributed by atoms with Crippen LogP contribution in [0.4, 0.5) is 13.2 Å². The Morgan fingerprint density at radius 1 is 0.573 bits per heavy atom. The first kappa shape index (κ1) is 76.6. The lowest BCUT2D eigenvalue weighted by Crippen LogP contribution is -2.18. The number of alkyl halides is 2. The van der Waals surface area contributed by atoms with Gasteiger partial charge in [0.2, 0.25) is 5.92 Å². The van der Waals surface area contributed by atoms with E-state index < -0.39 is 5.92 Å². The fourth-order valence-corrected chi connectivity index (χ4v) is 11.5. The van der Waals surface area contributed by atoms with Gasteiger partial charge in [0.1, 0.15) is 5.82 Å². The number of nitrogens with zero attached hydrogens (tertiary/aromatic N) is 6. The summed E-state index contributed by atoms with van der Waals surface area (Å²) in [6, 6.07) is 10.6. The average molecular weight is 1210 g/mol. The number of rotatable bonds is 9. The van der Waals surface area contributed by atoms with Crippen molar-refractivity contribution in [2.75, 3.05) is 0 Å². The van der Waals surface area contributed by atoms with Crippen LogP contribution in [-0.2, 0) is 7.05 Å². The molecule has 5 aromatic heterocycles. The molecule has 3 saturated carbocycles. The molecule has 0 bridgehead atoms. The summed E-state index contributed by atoms with van der Waals surface area (Å²) in [5.41, 5.74) is 4.23. The van der Waals surface area contributed by atoms with Gasteiger partial charge in [0.05, 0.1) is 25.7 Å². The van der Waals surface area contributed by atoms with Gasteiger partial charge in [-0.3, -0.25) is 9.67 Å². The molecule has 3 aliphatic rings. The number of aryl methyl sites for hydroxylation is 3. The molecule has 9 rings (SSSR count). The molecule has 1 atom stereocenters. The van der Waals surface area contributed by atoms with Crippen molar-refractivity contribution in [2.24, 2.45) is 42.1 Å². The van der Waals surface area contributed by atoms with Gasteiger partial charge in [-0.15, -0.1) is 34.0 Å². The molecule has 1 unspecified atom stereocenters. The summed E-state index contributed by atoms with van der Waals surface area (Å²) >= 11 is 11.0. The van der Waals surface area contributed by atoms with E-state index in [-0.39, 0.29) is 24.6 Å². The highest BCUT2D eigenvalue weighted by molar-refractivity contribution is 7.11. The molecule has 3 aliphatic carbocycles. The minimum atomic E-state index is -2.35. The normalized spacial score (nSPS) is 15.9. The Balaban J connectivity index is 0.000000462. The van der Waals surface area contributed by atoms with Crippen LogP contribution in [0.25, 0.3) is 0 Å². The van der Waals surface area contributed by atoms with Crippen LogP contribution in [0, 0.1) is 54.7 Å². The highest BCUT2D eigenvalue weighted by atomic mass is 35.5. The fourth-order valence-electron chi connectivity index (χ4n) is 9.07. The Morgan fingerprint density at radius 3 is 1.32 bits per heavy atom. The second kappa shape index (κ2) is 40.0. The molecule has 1 aromatic carbocycles. The summed E-state index contributed by atoms with van der Waals surface area (Å²) in [6.45, 7) is 45.7. The molecule has 82 heavy (non-hydrogen) atoms. The Hall–Kier alpha value is -3.45. The number of aromatic nitrogens is 6. The lowest BCUT2D eigenvalue weighted by Gasteiger charge is -2.27. The van der Waals surface area contributed by atoms with Gasteiger partial charge in [-0.05, 0) is 121 Å². The summed E-state index contributed by atoms with van der Waals surface area (Å²) in [5, 5.41) is 10.7. The first-order valence-corrected chi connectivity index (χ1v) is 33.6. The molecule has 464 valence electrons. The number of hydrogen-bond acceptors (Lipinski definition) is 8. The second-order valence-corrected chi connectivity index (χ2v) is 29.6. The minimum absolute atomic E-state index is 0.107. The van der Waals surface area contributed by atoms with Gasteiger partial charge >= 0.3 is 0 Å². The van der Waals surface area contributed by atoms with Gasteiger partial charge in [0.15, 0.2) is 0 Å². The Labute approximate surface area is 516 Å². The topological polar surface area (TPSA) is 69.4 Å². The van der Waals surface area contributed by atoms with Crippen LogP contribution < -0.4 is 0 Å². The van der Waals surface area contributed by atoms with Crippen molar-refractivity contribution in [2.45, 2.75) is 257 Å². The van der Waals surface area contributed by atoms with Crippen LogP contribution >= 0.6 is 45.6 Å². The average Bonchev–Trinajstić information content (AvgIpc) is 4.27. The van der Waals surface area contributed by atoms with Crippen LogP contribution in [0.1, 0.15) is 279 Å². The van der Waals surface area contributed by atoms with Gasteiger partial charge < -0.3 is 0 Å². The first-order chi connectivity index (χ1) is 38.3. The van der Waals surface area contributed by atoms with Crippen molar-refractivity contribution >= 4 is 45.6 Å². The van der Waals surface area contributed by atoms with Gasteiger partial charge in [-0.1, -0.05) is 194 Å². The molecule has 13 heteroatoms. The van der Waals surface area contributed by atoms with Crippen LogP contribution in [0.5, 0.6) is 0 Å². The molecule has 6 nitrogen and oxygen atoms in total. The van der Waals surface area contributed by atoms with Crippen molar-refractivity contribution in [3.05, 3.63) is 131 Å². The monoisotopic (exact) mass is 1210 g/mol. The van der Waals surface area contributed by atoms with E-state index in [4.69, 9.17) is 11.6 Å². The zero-order valence-corrected chi connectivity index (χ0v) is 58.3. The standard InChI is InChI=1S/C9H11F.C9H18.C8H10ClN.C8H14F2.C8H16.C7H12N2.2C7H11NS.C6H9NS/c1-7(2)8-3-5-9(10)6-4-8;1-8(2)9(3)6-4-5-7-9;1-6(2)7-3-8(9)5-10-4-7;1-6(2)7-3-4-8(9,10)5-7;1-7(2)8-5-3-4-6-8;1-6(2)7-4-5-9(3)8-7;2*1-5(2)7-8-4-6(3)9-7;1-5(2)6-7-3-4-8-6/h3-7H,1-2H3;8H,4-7H2,1-3H3;3-6H,1-2H3;6-7H,3-5H2,1-2H3;7-8H,3-6H2,1-2H3;4-6H,1-3H3;2*4-5H,1-3H3;3-5H,1-2H3. The Morgan fingerprint density at radius 2 is 1.07 bits per heavy atom. The minimum Gasteiger partial charge on any atom is -0.276 e. The second-order valence-electron chi connectivity index (χ2n) is 25.7. The third-order valence-electron chi connectivity index (χ3n) is 15.3. The molecule has 5 heterocycles. The zero-order valence-electron chi connectivity index (χ0n) is 55.1. The maximum Gasteiger partial charge on any atom is 0.248 e. The van der Waals surface area contributed by atoms with E-state index >= 15 is 0 Å². The molecule has 0 amide bonds. The van der Waals surface area contributed by atoms with Crippen molar-refractivity contribution in [1.29, 1.82) is 0 Å². The van der Waals surface area contributed by atoms with Crippen molar-refractivity contribution in [3.63, 3.8) is 0 Å². The quantitative estimate of drug-likeness (QED) is 0.144. The van der Waals surface area contributed by atoms with Gasteiger partial charge in [0, 0.05) is 90.0 Å². The van der Waals surface area contributed by atoms with Gasteiger partial charge in [-0.2, -0.15) is 5.10 Å². The predicted octanol–water partition coefficient (Wildman–Crippen LogP) is 23.9. The summed E-state index contributed by atoms with van der Waals surface area (Å²) < 4.78 is 39.3. The maximum atomic E-state index is 12.6. The predicted molar refractivity (Wildman–Crippen MR) is 355 cm³/mol. The summed E-state index contributed by atoms with van der Waals surface area (Å²) in [5.74, 6) is 4.37. The molecular formula is C69H112ClF3N6S3. The third kappa shape index (κ3) is 32.7. The molecule has 0 radical (unpaired) electrons. The SMILES string of the molecule is CC(C)C1(C)CCCC1.CC(C)C1CCC(F)(F)C1.CC(C)C1CCCC1.CC(C)c1ccc(F)cc1.CC(C)c1ccn(C)n1.CC(C)c1cncc(Cl)c1.CC(C)c1nccs1.Cc1cnc(C(C)C)s1.Cc1cnc(C(C)C)s1. The molecular weight excluding hydrogens is 1100 g/mol. The van der Waals surface area contributed by atoms with Crippen molar-refractivity contribution in [3.8, 4) is 0 Å². The molecule has 6 aromatic rings. The zero-order chi connectivity index (χ0) is 62.3. The van der Waals surface area contributed by atoms with Crippen LogP contribution in [0.2, 0.25) is 5.02 Å². The van der Waals surface area contributed by atoms with Crippen molar-refractivity contribution in [1.82, 2.24) is 29.7 Å². The number of thiazole rings is 3. The van der Waals surface area contributed by atoms with E-state index in [9.17, 15) is 13.2 Å². The number of halogens is 4.